The molecule has 0 bridgehead atoms. The molecule has 18 heavy (non-hydrogen) atoms. The summed E-state index contributed by atoms with van der Waals surface area (Å²) in [6, 6.07) is 6.85. The van der Waals surface area contributed by atoms with Crippen LogP contribution in [-0.4, -0.2) is 11.8 Å². The Hall–Kier alpha value is -1.93. The molecule has 0 spiro atoms. The lowest BCUT2D eigenvalue weighted by Crippen LogP contribution is -2.31. The van der Waals surface area contributed by atoms with Crippen LogP contribution in [0, 0.1) is 11.3 Å². The second kappa shape index (κ2) is 4.39. The molecule has 0 radical (unpaired) electrons. The molecule has 0 saturated carbocycles. The van der Waals surface area contributed by atoms with Gasteiger partial charge in [-0.05, 0) is 32.0 Å². The molecule has 0 aromatic heterocycles. The first kappa shape index (κ1) is 12.5. The lowest BCUT2D eigenvalue weighted by Gasteiger charge is -2.16. The topological polar surface area (TPSA) is 61.2 Å². The fraction of sp³-hybridized carbons (Fsp3) is 0.154. The van der Waals surface area contributed by atoms with Crippen LogP contribution >= 0.6 is 15.9 Å². The number of benzene rings is 1. The third-order valence-corrected chi connectivity index (χ3v) is 3.42. The predicted octanol–water partition coefficient (Wildman–Crippen LogP) is 2.53. The van der Waals surface area contributed by atoms with Gasteiger partial charge in [-0.15, -0.1) is 0 Å². The zero-order chi connectivity index (χ0) is 13.4. The summed E-state index contributed by atoms with van der Waals surface area (Å²) in [5.74, 6) is -0.729. The van der Waals surface area contributed by atoms with E-state index in [9.17, 15) is 9.59 Å². The highest BCUT2D eigenvalue weighted by molar-refractivity contribution is 9.10. The van der Waals surface area contributed by atoms with Gasteiger partial charge in [-0.3, -0.25) is 9.59 Å². The summed E-state index contributed by atoms with van der Waals surface area (Å²) in [6.45, 7) is 3.22. The minimum atomic E-state index is -0.365. The minimum Gasteiger partial charge on any atom is -0.269 e. The van der Waals surface area contributed by atoms with Crippen LogP contribution in [-0.2, 0) is 9.59 Å². The molecule has 4 nitrogen and oxygen atoms in total. The fourth-order valence-electron chi connectivity index (χ4n) is 1.76. The van der Waals surface area contributed by atoms with Crippen LogP contribution in [0.1, 0.15) is 19.4 Å². The molecular formula is C13H9BrN2O2. The predicted molar refractivity (Wildman–Crippen MR) is 69.7 cm³/mol. The van der Waals surface area contributed by atoms with Gasteiger partial charge >= 0.3 is 0 Å². The Morgan fingerprint density at radius 2 is 1.72 bits per heavy atom. The highest BCUT2D eigenvalue weighted by atomic mass is 79.9. The molecule has 2 amide bonds. The van der Waals surface area contributed by atoms with Gasteiger partial charge in [-0.2, -0.15) is 5.26 Å². The van der Waals surface area contributed by atoms with Crippen molar-refractivity contribution < 1.29 is 9.59 Å². The smallest absolute Gasteiger partial charge is 0.261 e. The summed E-state index contributed by atoms with van der Waals surface area (Å²) in [6.07, 6.45) is 0. The van der Waals surface area contributed by atoms with Gasteiger partial charge in [0.25, 0.3) is 11.8 Å². The lowest BCUT2D eigenvalue weighted by molar-refractivity contribution is -0.120. The average Bonchev–Trinajstić information content (AvgIpc) is 2.55. The summed E-state index contributed by atoms with van der Waals surface area (Å²) >= 11 is 3.25. The first-order chi connectivity index (χ1) is 8.47. The maximum atomic E-state index is 12.0. The fourth-order valence-corrected chi connectivity index (χ4v) is 2.12. The van der Waals surface area contributed by atoms with Gasteiger partial charge < -0.3 is 0 Å². The third kappa shape index (κ3) is 1.75. The maximum Gasteiger partial charge on any atom is 0.261 e. The quantitative estimate of drug-likeness (QED) is 0.749. The van der Waals surface area contributed by atoms with E-state index in [2.05, 4.69) is 15.9 Å². The van der Waals surface area contributed by atoms with E-state index in [1.54, 1.807) is 32.0 Å². The van der Waals surface area contributed by atoms with E-state index < -0.39 is 0 Å². The average molecular weight is 305 g/mol. The molecule has 1 aromatic rings. The van der Waals surface area contributed by atoms with Gasteiger partial charge in [0.2, 0.25) is 0 Å². The van der Waals surface area contributed by atoms with E-state index in [1.165, 1.54) is 0 Å². The number of hydrogen-bond acceptors (Lipinski definition) is 3. The van der Waals surface area contributed by atoms with Crippen LogP contribution in [0.4, 0.5) is 5.69 Å². The molecule has 90 valence electrons. The molecule has 0 atom stereocenters. The van der Waals surface area contributed by atoms with Gasteiger partial charge in [0.15, 0.2) is 0 Å². The summed E-state index contributed by atoms with van der Waals surface area (Å²) < 4.78 is 0.725. The number of anilines is 1. The normalized spacial score (nSPS) is 15.3. The van der Waals surface area contributed by atoms with Crippen molar-refractivity contribution in [1.82, 2.24) is 0 Å². The van der Waals surface area contributed by atoms with Crippen molar-refractivity contribution in [2.45, 2.75) is 13.8 Å². The molecule has 0 aliphatic carbocycles. The molecule has 0 saturated heterocycles. The number of hydrogen-bond donors (Lipinski definition) is 0. The van der Waals surface area contributed by atoms with Crippen molar-refractivity contribution in [2.75, 3.05) is 4.90 Å². The highest BCUT2D eigenvalue weighted by Crippen LogP contribution is 2.30. The van der Waals surface area contributed by atoms with Crippen LogP contribution in [0.15, 0.2) is 33.8 Å². The summed E-state index contributed by atoms with van der Waals surface area (Å²) in [5, 5.41) is 9.07. The van der Waals surface area contributed by atoms with E-state index in [-0.39, 0.29) is 17.4 Å². The van der Waals surface area contributed by atoms with E-state index in [0.29, 0.717) is 16.8 Å². The zero-order valence-electron chi connectivity index (χ0n) is 9.82. The van der Waals surface area contributed by atoms with Crippen LogP contribution < -0.4 is 4.90 Å². The second-order valence-electron chi connectivity index (χ2n) is 3.97. The number of imide groups is 1. The van der Waals surface area contributed by atoms with Crippen molar-refractivity contribution >= 4 is 33.4 Å². The SMILES string of the molecule is CC1=C(C)C(=O)N(c2ccc(Br)cc2C#N)C1=O. The summed E-state index contributed by atoms with van der Waals surface area (Å²) in [5.41, 5.74) is 1.46. The number of nitriles is 1. The third-order valence-electron chi connectivity index (χ3n) is 2.93. The van der Waals surface area contributed by atoms with Crippen molar-refractivity contribution in [3.05, 3.63) is 39.4 Å². The Balaban J connectivity index is 2.57. The van der Waals surface area contributed by atoms with E-state index >= 15 is 0 Å². The van der Waals surface area contributed by atoms with Crippen molar-refractivity contribution in [2.24, 2.45) is 0 Å². The Morgan fingerprint density at radius 1 is 1.17 bits per heavy atom. The number of nitrogens with zero attached hydrogens (tertiary/aromatic N) is 2. The standard InChI is InChI=1S/C13H9BrN2O2/c1-7-8(2)13(18)16(12(7)17)11-4-3-10(14)5-9(11)6-15/h3-5H,1-2H3. The van der Waals surface area contributed by atoms with Crippen molar-refractivity contribution in [1.29, 1.82) is 5.26 Å². The van der Waals surface area contributed by atoms with E-state index in [4.69, 9.17) is 5.26 Å². The Labute approximate surface area is 113 Å². The van der Waals surface area contributed by atoms with E-state index in [1.807, 2.05) is 6.07 Å². The maximum absolute atomic E-state index is 12.0. The highest BCUT2D eigenvalue weighted by Gasteiger charge is 2.35. The van der Waals surface area contributed by atoms with Gasteiger partial charge in [0, 0.05) is 15.6 Å². The summed E-state index contributed by atoms with van der Waals surface area (Å²) in [7, 11) is 0. The van der Waals surface area contributed by atoms with E-state index in [0.717, 1.165) is 9.37 Å². The number of carbonyl (C=O) groups is 2. The summed E-state index contributed by atoms with van der Waals surface area (Å²) in [4.78, 5) is 25.1. The Kier molecular flexibility index (Phi) is 3.05. The molecule has 5 heteroatoms. The second-order valence-corrected chi connectivity index (χ2v) is 4.88. The van der Waals surface area contributed by atoms with Crippen LogP contribution in [0.2, 0.25) is 0 Å². The molecule has 1 aromatic carbocycles. The number of carbonyl (C=O) groups excluding carboxylic acids is 2. The molecule has 0 N–H and O–H groups in total. The Bertz CT molecular complexity index is 617. The number of halogens is 1. The number of rotatable bonds is 1. The van der Waals surface area contributed by atoms with Gasteiger partial charge in [0.1, 0.15) is 6.07 Å². The molecule has 1 heterocycles. The monoisotopic (exact) mass is 304 g/mol. The van der Waals surface area contributed by atoms with Crippen LogP contribution in [0.3, 0.4) is 0 Å². The van der Waals surface area contributed by atoms with Crippen molar-refractivity contribution in [3.8, 4) is 6.07 Å². The number of amides is 2. The molecule has 1 aliphatic heterocycles. The first-order valence-corrected chi connectivity index (χ1v) is 6.02. The van der Waals surface area contributed by atoms with Crippen LogP contribution in [0.25, 0.3) is 0 Å². The van der Waals surface area contributed by atoms with Gasteiger partial charge in [-0.1, -0.05) is 15.9 Å². The molecular weight excluding hydrogens is 296 g/mol. The molecule has 0 fully saturated rings. The zero-order valence-corrected chi connectivity index (χ0v) is 11.4. The molecule has 2 rings (SSSR count). The van der Waals surface area contributed by atoms with Crippen LogP contribution in [0.5, 0.6) is 0 Å². The first-order valence-electron chi connectivity index (χ1n) is 5.23. The van der Waals surface area contributed by atoms with Crippen molar-refractivity contribution in [3.63, 3.8) is 0 Å². The Morgan fingerprint density at radius 3 is 2.22 bits per heavy atom. The minimum absolute atomic E-state index is 0.286. The van der Waals surface area contributed by atoms with Gasteiger partial charge in [-0.25, -0.2) is 4.90 Å². The molecule has 1 aliphatic rings. The lowest BCUT2D eigenvalue weighted by atomic mass is 10.1. The molecule has 0 unspecified atom stereocenters. The van der Waals surface area contributed by atoms with Gasteiger partial charge in [0.05, 0.1) is 11.3 Å². The largest absolute Gasteiger partial charge is 0.269 e.